The zero-order chi connectivity index (χ0) is 12.0. The molecule has 0 aliphatic rings. The predicted octanol–water partition coefficient (Wildman–Crippen LogP) is -0.124. The van der Waals surface area contributed by atoms with Gasteiger partial charge < -0.3 is 25.4 Å². The second kappa shape index (κ2) is 5.94. The van der Waals surface area contributed by atoms with Crippen molar-refractivity contribution >= 4 is 6.09 Å². The molecule has 0 saturated carbocycles. The summed E-state index contributed by atoms with van der Waals surface area (Å²) in [6, 6.07) is 6.13. The molecule has 1 rings (SSSR count). The summed E-state index contributed by atoms with van der Waals surface area (Å²) in [5.74, 6) is 0.798. The number of hydrogen-bond acceptors (Lipinski definition) is 5. The van der Waals surface area contributed by atoms with Crippen LogP contribution >= 0.6 is 0 Å². The van der Waals surface area contributed by atoms with Crippen molar-refractivity contribution in [3.05, 3.63) is 24.3 Å². The molecule has 0 spiro atoms. The monoisotopic (exact) mass is 227 g/mol. The van der Waals surface area contributed by atoms with E-state index >= 15 is 0 Å². The highest BCUT2D eigenvalue weighted by Gasteiger charge is 2.03. The molecule has 0 aromatic heterocycles. The Morgan fingerprint density at radius 3 is 2.38 bits per heavy atom. The topological polar surface area (TPSA) is 102 Å². The summed E-state index contributed by atoms with van der Waals surface area (Å²) in [5, 5.41) is 17.6. The number of benzene rings is 1. The van der Waals surface area contributed by atoms with Crippen molar-refractivity contribution < 1.29 is 24.5 Å². The minimum absolute atomic E-state index is 0.00742. The number of carbonyl (C=O) groups excluding carboxylic acids is 1. The standard InChI is InChI=1S/C10H13NO5/c11-10(14)16-9-3-1-8(2-4-9)15-6-7(13)5-12/h1-4,7,12-13H,5-6H2,(H2,11,14). The zero-order valence-corrected chi connectivity index (χ0v) is 8.50. The fraction of sp³-hybridized carbons (Fsp3) is 0.300. The van der Waals surface area contributed by atoms with Gasteiger partial charge in [0.2, 0.25) is 0 Å². The van der Waals surface area contributed by atoms with E-state index in [4.69, 9.17) is 20.7 Å². The number of ether oxygens (including phenoxy) is 2. The van der Waals surface area contributed by atoms with Gasteiger partial charge in [-0.15, -0.1) is 0 Å². The third-order valence-electron chi connectivity index (χ3n) is 1.70. The number of carbonyl (C=O) groups is 1. The first-order chi connectivity index (χ1) is 7.61. The first-order valence-electron chi connectivity index (χ1n) is 4.61. The lowest BCUT2D eigenvalue weighted by atomic mass is 10.3. The number of primary amides is 1. The average molecular weight is 227 g/mol. The van der Waals surface area contributed by atoms with Crippen LogP contribution in [0.25, 0.3) is 0 Å². The van der Waals surface area contributed by atoms with Gasteiger partial charge in [0, 0.05) is 0 Å². The molecule has 1 aromatic rings. The van der Waals surface area contributed by atoms with Crippen LogP contribution in [-0.4, -0.2) is 35.6 Å². The minimum Gasteiger partial charge on any atom is -0.491 e. The molecule has 0 heterocycles. The summed E-state index contributed by atoms with van der Waals surface area (Å²) >= 11 is 0. The lowest BCUT2D eigenvalue weighted by Gasteiger charge is -2.09. The number of amides is 1. The fourth-order valence-electron chi connectivity index (χ4n) is 0.965. The molecule has 6 heteroatoms. The first kappa shape index (κ1) is 12.3. The van der Waals surface area contributed by atoms with Crippen LogP contribution < -0.4 is 15.2 Å². The number of nitrogens with two attached hydrogens (primary N) is 1. The molecule has 0 radical (unpaired) electrons. The smallest absolute Gasteiger partial charge is 0.409 e. The van der Waals surface area contributed by atoms with Crippen molar-refractivity contribution in [2.75, 3.05) is 13.2 Å². The fourth-order valence-corrected chi connectivity index (χ4v) is 0.965. The normalized spacial score (nSPS) is 11.9. The summed E-state index contributed by atoms with van der Waals surface area (Å²) < 4.78 is 9.75. The first-order valence-corrected chi connectivity index (χ1v) is 4.61. The van der Waals surface area contributed by atoms with Gasteiger partial charge in [0.05, 0.1) is 6.61 Å². The zero-order valence-electron chi connectivity index (χ0n) is 8.50. The molecule has 1 aromatic carbocycles. The second-order valence-corrected chi connectivity index (χ2v) is 3.04. The summed E-state index contributed by atoms with van der Waals surface area (Å²) in [6.07, 6.45) is -1.80. The van der Waals surface area contributed by atoms with Gasteiger partial charge in [0.25, 0.3) is 0 Å². The Labute approximate surface area is 92.2 Å². The molecular formula is C10H13NO5. The van der Waals surface area contributed by atoms with E-state index in [9.17, 15) is 4.79 Å². The molecule has 6 nitrogen and oxygen atoms in total. The number of hydrogen-bond donors (Lipinski definition) is 3. The van der Waals surface area contributed by atoms with Gasteiger partial charge in [-0.25, -0.2) is 4.79 Å². The summed E-state index contributed by atoms with van der Waals surface area (Å²) in [5.41, 5.74) is 4.83. The summed E-state index contributed by atoms with van der Waals surface area (Å²) in [7, 11) is 0. The molecule has 0 aliphatic carbocycles. The molecule has 0 fully saturated rings. The molecule has 0 bridgehead atoms. The van der Waals surface area contributed by atoms with E-state index in [1.54, 1.807) is 12.1 Å². The Morgan fingerprint density at radius 2 is 1.88 bits per heavy atom. The van der Waals surface area contributed by atoms with Gasteiger partial charge in [0.15, 0.2) is 0 Å². The molecule has 88 valence electrons. The van der Waals surface area contributed by atoms with Gasteiger partial charge in [-0.3, -0.25) is 0 Å². The van der Waals surface area contributed by atoms with Crippen molar-refractivity contribution in [3.8, 4) is 11.5 Å². The Balaban J connectivity index is 2.48. The third kappa shape index (κ3) is 4.16. The van der Waals surface area contributed by atoms with E-state index in [2.05, 4.69) is 4.74 Å². The second-order valence-electron chi connectivity index (χ2n) is 3.04. The molecular weight excluding hydrogens is 214 g/mol. The predicted molar refractivity (Wildman–Crippen MR) is 55.2 cm³/mol. The average Bonchev–Trinajstić information content (AvgIpc) is 2.27. The lowest BCUT2D eigenvalue weighted by Crippen LogP contribution is -2.21. The molecule has 0 saturated heterocycles. The van der Waals surface area contributed by atoms with Crippen LogP contribution in [0.5, 0.6) is 11.5 Å². The lowest BCUT2D eigenvalue weighted by molar-refractivity contribution is 0.0536. The molecule has 1 atom stereocenters. The Hall–Kier alpha value is -1.79. The minimum atomic E-state index is -0.915. The number of rotatable bonds is 5. The van der Waals surface area contributed by atoms with E-state index in [0.717, 1.165) is 0 Å². The van der Waals surface area contributed by atoms with E-state index in [0.29, 0.717) is 11.5 Å². The maximum atomic E-state index is 10.4. The third-order valence-corrected chi connectivity index (χ3v) is 1.70. The van der Waals surface area contributed by atoms with E-state index < -0.39 is 12.2 Å². The van der Waals surface area contributed by atoms with Gasteiger partial charge in [-0.2, -0.15) is 0 Å². The van der Waals surface area contributed by atoms with E-state index in [-0.39, 0.29) is 13.2 Å². The van der Waals surface area contributed by atoms with Gasteiger partial charge >= 0.3 is 6.09 Å². The molecule has 4 N–H and O–H groups in total. The Morgan fingerprint density at radius 1 is 1.31 bits per heavy atom. The quantitative estimate of drug-likeness (QED) is 0.650. The Kier molecular flexibility index (Phi) is 4.56. The SMILES string of the molecule is NC(=O)Oc1ccc(OCC(O)CO)cc1. The van der Waals surface area contributed by atoms with Crippen molar-refractivity contribution in [2.24, 2.45) is 5.73 Å². The van der Waals surface area contributed by atoms with Crippen LogP contribution in [0.2, 0.25) is 0 Å². The largest absolute Gasteiger partial charge is 0.491 e. The Bertz CT molecular complexity index is 338. The van der Waals surface area contributed by atoms with E-state index in [1.807, 2.05) is 0 Å². The van der Waals surface area contributed by atoms with Crippen LogP contribution in [0.4, 0.5) is 4.79 Å². The van der Waals surface area contributed by atoms with Crippen LogP contribution in [-0.2, 0) is 0 Å². The van der Waals surface area contributed by atoms with Crippen molar-refractivity contribution in [2.45, 2.75) is 6.10 Å². The van der Waals surface area contributed by atoms with Crippen LogP contribution in [0.15, 0.2) is 24.3 Å². The molecule has 1 amide bonds. The van der Waals surface area contributed by atoms with Crippen LogP contribution in [0, 0.1) is 0 Å². The van der Waals surface area contributed by atoms with E-state index in [1.165, 1.54) is 12.1 Å². The molecule has 0 aliphatic heterocycles. The maximum absolute atomic E-state index is 10.4. The van der Waals surface area contributed by atoms with Crippen molar-refractivity contribution in [3.63, 3.8) is 0 Å². The van der Waals surface area contributed by atoms with Gasteiger partial charge in [0.1, 0.15) is 24.2 Å². The highest BCUT2D eigenvalue weighted by molar-refractivity contribution is 5.68. The van der Waals surface area contributed by atoms with Gasteiger partial charge in [-0.1, -0.05) is 0 Å². The number of aliphatic hydroxyl groups is 2. The van der Waals surface area contributed by atoms with Crippen molar-refractivity contribution in [1.29, 1.82) is 0 Å². The summed E-state index contributed by atoms with van der Waals surface area (Å²) in [4.78, 5) is 10.4. The highest BCUT2D eigenvalue weighted by Crippen LogP contribution is 2.17. The summed E-state index contributed by atoms with van der Waals surface area (Å²) in [6.45, 7) is -0.366. The maximum Gasteiger partial charge on any atom is 0.409 e. The van der Waals surface area contributed by atoms with Crippen molar-refractivity contribution in [1.82, 2.24) is 0 Å². The van der Waals surface area contributed by atoms with Crippen LogP contribution in [0.3, 0.4) is 0 Å². The molecule has 1 unspecified atom stereocenters. The van der Waals surface area contributed by atoms with Gasteiger partial charge in [-0.05, 0) is 24.3 Å². The number of aliphatic hydroxyl groups excluding tert-OH is 2. The molecule has 16 heavy (non-hydrogen) atoms. The highest BCUT2D eigenvalue weighted by atomic mass is 16.5. The van der Waals surface area contributed by atoms with Crippen LogP contribution in [0.1, 0.15) is 0 Å².